The predicted molar refractivity (Wildman–Crippen MR) is 49.5 cm³/mol. The lowest BCUT2D eigenvalue weighted by Crippen LogP contribution is -2.14. The van der Waals surface area contributed by atoms with Gasteiger partial charge >= 0.3 is 5.97 Å². The third kappa shape index (κ3) is 2.33. The van der Waals surface area contributed by atoms with Gasteiger partial charge in [0.25, 0.3) is 0 Å². The maximum atomic E-state index is 10.2. The monoisotopic (exact) mass is 181 g/mol. The molecule has 5 heteroatoms. The van der Waals surface area contributed by atoms with Crippen LogP contribution >= 0.6 is 0 Å². The lowest BCUT2D eigenvalue weighted by Gasteiger charge is -2.07. The average molecular weight is 181 g/mol. The first-order valence-electron chi connectivity index (χ1n) is 3.78. The highest BCUT2D eigenvalue weighted by Crippen LogP contribution is 2.17. The molecular formula is C8H11N3O2. The molecule has 0 aliphatic rings. The first-order valence-corrected chi connectivity index (χ1v) is 3.78. The summed E-state index contributed by atoms with van der Waals surface area (Å²) in [6.45, 7) is 1.66. The first-order chi connectivity index (χ1) is 6.11. The van der Waals surface area contributed by atoms with E-state index in [4.69, 9.17) is 10.8 Å². The normalized spacial score (nSPS) is 9.62. The van der Waals surface area contributed by atoms with Gasteiger partial charge in [0.2, 0.25) is 0 Å². The molecule has 5 nitrogen and oxygen atoms in total. The second-order valence-electron chi connectivity index (χ2n) is 2.64. The molecule has 13 heavy (non-hydrogen) atoms. The van der Waals surface area contributed by atoms with Crippen LogP contribution in [-0.2, 0) is 4.79 Å². The van der Waals surface area contributed by atoms with Crippen molar-refractivity contribution in [1.82, 2.24) is 4.98 Å². The molecule has 0 radical (unpaired) electrons. The second-order valence-corrected chi connectivity index (χ2v) is 2.64. The van der Waals surface area contributed by atoms with Crippen molar-refractivity contribution < 1.29 is 9.90 Å². The SMILES string of the molecule is Cc1ccnc(NCC(=O)O)c1N. The van der Waals surface area contributed by atoms with Gasteiger partial charge in [-0.1, -0.05) is 0 Å². The Morgan fingerprint density at radius 2 is 2.46 bits per heavy atom. The number of carboxylic acids is 1. The van der Waals surface area contributed by atoms with Crippen molar-refractivity contribution in [2.45, 2.75) is 6.92 Å². The Morgan fingerprint density at radius 3 is 3.08 bits per heavy atom. The molecule has 0 spiro atoms. The van der Waals surface area contributed by atoms with Crippen molar-refractivity contribution in [3.63, 3.8) is 0 Å². The van der Waals surface area contributed by atoms with E-state index in [9.17, 15) is 4.79 Å². The van der Waals surface area contributed by atoms with Crippen LogP contribution in [0.25, 0.3) is 0 Å². The van der Waals surface area contributed by atoms with Gasteiger partial charge in [0.1, 0.15) is 12.4 Å². The molecule has 0 aliphatic carbocycles. The molecule has 0 aromatic carbocycles. The van der Waals surface area contributed by atoms with Crippen LogP contribution in [0.15, 0.2) is 12.3 Å². The van der Waals surface area contributed by atoms with Crippen molar-refractivity contribution >= 4 is 17.5 Å². The van der Waals surface area contributed by atoms with E-state index in [0.29, 0.717) is 11.5 Å². The Labute approximate surface area is 75.6 Å². The number of hydrogen-bond donors (Lipinski definition) is 3. The van der Waals surface area contributed by atoms with Crippen LogP contribution in [0.1, 0.15) is 5.56 Å². The van der Waals surface area contributed by atoms with Crippen LogP contribution in [0, 0.1) is 6.92 Å². The van der Waals surface area contributed by atoms with Crippen molar-refractivity contribution in [2.75, 3.05) is 17.6 Å². The van der Waals surface area contributed by atoms with Gasteiger partial charge in [-0.25, -0.2) is 4.98 Å². The number of aliphatic carboxylic acids is 1. The maximum Gasteiger partial charge on any atom is 0.322 e. The van der Waals surface area contributed by atoms with E-state index in [0.717, 1.165) is 5.56 Å². The van der Waals surface area contributed by atoms with E-state index in [1.54, 1.807) is 12.3 Å². The number of hydrogen-bond acceptors (Lipinski definition) is 4. The first kappa shape index (κ1) is 9.31. The molecule has 0 saturated heterocycles. The number of aromatic nitrogens is 1. The number of carboxylic acid groups (broad SMARTS) is 1. The highest BCUT2D eigenvalue weighted by Gasteiger charge is 2.03. The quantitative estimate of drug-likeness (QED) is 0.630. The molecule has 0 fully saturated rings. The highest BCUT2D eigenvalue weighted by molar-refractivity contribution is 5.75. The number of carbonyl (C=O) groups is 1. The highest BCUT2D eigenvalue weighted by atomic mass is 16.4. The van der Waals surface area contributed by atoms with Gasteiger partial charge in [0.15, 0.2) is 0 Å². The largest absolute Gasteiger partial charge is 0.480 e. The lowest BCUT2D eigenvalue weighted by molar-refractivity contribution is -0.134. The Morgan fingerprint density at radius 1 is 1.77 bits per heavy atom. The lowest BCUT2D eigenvalue weighted by atomic mass is 10.2. The maximum absolute atomic E-state index is 10.2. The molecule has 1 rings (SSSR count). The van der Waals surface area contributed by atoms with Crippen LogP contribution in [0.3, 0.4) is 0 Å². The van der Waals surface area contributed by atoms with E-state index < -0.39 is 5.97 Å². The summed E-state index contributed by atoms with van der Waals surface area (Å²) in [6, 6.07) is 1.77. The topological polar surface area (TPSA) is 88.2 Å². The molecule has 0 saturated carbocycles. The molecule has 70 valence electrons. The zero-order valence-electron chi connectivity index (χ0n) is 7.24. The van der Waals surface area contributed by atoms with Crippen LogP contribution < -0.4 is 11.1 Å². The summed E-state index contributed by atoms with van der Waals surface area (Å²) >= 11 is 0. The number of aryl methyl sites for hydroxylation is 1. The van der Waals surface area contributed by atoms with Gasteiger partial charge in [-0.05, 0) is 18.6 Å². The van der Waals surface area contributed by atoms with Crippen molar-refractivity contribution in [3.8, 4) is 0 Å². The number of nitrogen functional groups attached to an aromatic ring is 1. The molecule has 1 aromatic heterocycles. The van der Waals surface area contributed by atoms with Crippen LogP contribution in [0.2, 0.25) is 0 Å². The summed E-state index contributed by atoms with van der Waals surface area (Å²) in [5, 5.41) is 11.0. The number of anilines is 2. The smallest absolute Gasteiger partial charge is 0.322 e. The third-order valence-corrected chi connectivity index (χ3v) is 1.62. The number of nitrogens with zero attached hydrogens (tertiary/aromatic N) is 1. The van der Waals surface area contributed by atoms with Crippen LogP contribution in [-0.4, -0.2) is 22.6 Å². The molecule has 0 unspecified atom stereocenters. The summed E-state index contributed by atoms with van der Waals surface area (Å²) in [4.78, 5) is 14.1. The van der Waals surface area contributed by atoms with Gasteiger partial charge in [0.05, 0.1) is 5.69 Å². The Hall–Kier alpha value is -1.78. The van der Waals surface area contributed by atoms with Crippen LogP contribution in [0.4, 0.5) is 11.5 Å². The molecule has 1 heterocycles. The van der Waals surface area contributed by atoms with Crippen molar-refractivity contribution in [3.05, 3.63) is 17.8 Å². The van der Waals surface area contributed by atoms with Gasteiger partial charge < -0.3 is 16.2 Å². The number of pyridine rings is 1. The van der Waals surface area contributed by atoms with Gasteiger partial charge in [-0.3, -0.25) is 4.79 Å². The van der Waals surface area contributed by atoms with Gasteiger partial charge in [0, 0.05) is 6.20 Å². The standard InChI is InChI=1S/C8H11N3O2/c1-5-2-3-10-8(7(5)9)11-4-6(12)13/h2-3H,4,9H2,1H3,(H,10,11)(H,12,13). The summed E-state index contributed by atoms with van der Waals surface area (Å²) in [5.74, 6) is -0.523. The fourth-order valence-electron chi connectivity index (χ4n) is 0.870. The predicted octanol–water partition coefficient (Wildman–Crippen LogP) is 0.469. The molecule has 4 N–H and O–H groups in total. The zero-order valence-corrected chi connectivity index (χ0v) is 7.24. The van der Waals surface area contributed by atoms with Gasteiger partial charge in [-0.15, -0.1) is 0 Å². The number of nitrogens with two attached hydrogens (primary N) is 1. The minimum absolute atomic E-state index is 0.180. The minimum Gasteiger partial charge on any atom is -0.480 e. The van der Waals surface area contributed by atoms with Crippen LogP contribution in [0.5, 0.6) is 0 Å². The van der Waals surface area contributed by atoms with E-state index in [-0.39, 0.29) is 6.54 Å². The summed E-state index contributed by atoms with van der Waals surface area (Å²) < 4.78 is 0. The summed E-state index contributed by atoms with van der Waals surface area (Å²) in [7, 11) is 0. The van der Waals surface area contributed by atoms with E-state index in [2.05, 4.69) is 10.3 Å². The molecular weight excluding hydrogens is 170 g/mol. The number of nitrogens with one attached hydrogen (secondary N) is 1. The summed E-state index contributed by atoms with van der Waals surface area (Å²) in [6.07, 6.45) is 1.58. The molecule has 0 aliphatic heterocycles. The van der Waals surface area contributed by atoms with Crippen molar-refractivity contribution in [2.24, 2.45) is 0 Å². The molecule has 1 aromatic rings. The molecule has 0 bridgehead atoms. The number of rotatable bonds is 3. The average Bonchev–Trinajstić information content (AvgIpc) is 2.07. The van der Waals surface area contributed by atoms with Gasteiger partial charge in [-0.2, -0.15) is 0 Å². The van der Waals surface area contributed by atoms with E-state index in [1.807, 2.05) is 6.92 Å². The fraction of sp³-hybridized carbons (Fsp3) is 0.250. The zero-order chi connectivity index (χ0) is 9.84. The Bertz CT molecular complexity index is 325. The van der Waals surface area contributed by atoms with E-state index >= 15 is 0 Å². The third-order valence-electron chi connectivity index (χ3n) is 1.62. The Kier molecular flexibility index (Phi) is 2.69. The minimum atomic E-state index is -0.942. The molecule has 0 amide bonds. The fourth-order valence-corrected chi connectivity index (χ4v) is 0.870. The molecule has 0 atom stereocenters. The van der Waals surface area contributed by atoms with Crippen molar-refractivity contribution in [1.29, 1.82) is 0 Å². The Balaban J connectivity index is 2.77. The summed E-state index contributed by atoms with van der Waals surface area (Å²) in [5.41, 5.74) is 7.02. The second kappa shape index (κ2) is 3.75. The van der Waals surface area contributed by atoms with E-state index in [1.165, 1.54) is 0 Å².